The van der Waals surface area contributed by atoms with E-state index in [4.69, 9.17) is 0 Å². The summed E-state index contributed by atoms with van der Waals surface area (Å²) in [4.78, 5) is 4.85. The monoisotopic (exact) mass is 197 g/mol. The van der Waals surface area contributed by atoms with Gasteiger partial charge in [-0.1, -0.05) is 0 Å². The zero-order valence-electron chi connectivity index (χ0n) is 9.50. The highest BCUT2D eigenvalue weighted by Crippen LogP contribution is 2.14. The number of likely N-dealkylation sites (tertiary alicyclic amines) is 2. The first-order chi connectivity index (χ1) is 6.74. The second-order valence-electron chi connectivity index (χ2n) is 5.07. The summed E-state index contributed by atoms with van der Waals surface area (Å²) >= 11 is 0. The summed E-state index contributed by atoms with van der Waals surface area (Å²) in [6, 6.07) is 0.755. The predicted octanol–water partition coefficient (Wildman–Crippen LogP) is 0.232. The zero-order valence-corrected chi connectivity index (χ0v) is 9.50. The quantitative estimate of drug-likeness (QED) is 0.699. The van der Waals surface area contributed by atoms with Crippen molar-refractivity contribution in [2.45, 2.75) is 18.9 Å². The van der Waals surface area contributed by atoms with Gasteiger partial charge in [0, 0.05) is 19.1 Å². The lowest BCUT2D eigenvalue weighted by atomic mass is 10.1. The minimum atomic E-state index is 0.755. The maximum atomic E-state index is 3.71. The van der Waals surface area contributed by atoms with Gasteiger partial charge in [-0.2, -0.15) is 0 Å². The third-order valence-electron chi connectivity index (χ3n) is 3.58. The van der Waals surface area contributed by atoms with Crippen LogP contribution in [-0.4, -0.2) is 62.7 Å². The fraction of sp³-hybridized carbons (Fsp3) is 1.00. The molecule has 0 aliphatic carbocycles. The molecule has 3 nitrogen and oxygen atoms in total. The molecular weight excluding hydrogens is 174 g/mol. The highest BCUT2D eigenvalue weighted by molar-refractivity contribution is 4.82. The molecule has 0 amide bonds. The Morgan fingerprint density at radius 3 is 2.36 bits per heavy atom. The average Bonchev–Trinajstić information content (AvgIpc) is 2.72. The lowest BCUT2D eigenvalue weighted by Gasteiger charge is -2.16. The van der Waals surface area contributed by atoms with Crippen LogP contribution in [0.1, 0.15) is 12.8 Å². The van der Waals surface area contributed by atoms with Crippen LogP contribution in [0, 0.1) is 5.92 Å². The van der Waals surface area contributed by atoms with Crippen LogP contribution in [0.2, 0.25) is 0 Å². The van der Waals surface area contributed by atoms with Crippen molar-refractivity contribution in [3.63, 3.8) is 0 Å². The summed E-state index contributed by atoms with van der Waals surface area (Å²) in [5, 5.41) is 3.71. The maximum absolute atomic E-state index is 3.71. The molecular formula is C11H23N3. The van der Waals surface area contributed by atoms with Gasteiger partial charge in [0.25, 0.3) is 0 Å². The fourth-order valence-corrected chi connectivity index (χ4v) is 2.63. The van der Waals surface area contributed by atoms with Gasteiger partial charge in [-0.15, -0.1) is 0 Å². The number of hydrogen-bond acceptors (Lipinski definition) is 3. The highest BCUT2D eigenvalue weighted by atomic mass is 15.2. The van der Waals surface area contributed by atoms with Crippen LogP contribution in [0.15, 0.2) is 0 Å². The molecule has 2 fully saturated rings. The fourth-order valence-electron chi connectivity index (χ4n) is 2.63. The van der Waals surface area contributed by atoms with Crippen LogP contribution in [0.25, 0.3) is 0 Å². The van der Waals surface area contributed by atoms with Crippen LogP contribution in [-0.2, 0) is 0 Å². The summed E-state index contributed by atoms with van der Waals surface area (Å²) in [5.41, 5.74) is 0. The normalized spacial score (nSPS) is 35.6. The first kappa shape index (κ1) is 10.4. The molecule has 0 radical (unpaired) electrons. The van der Waals surface area contributed by atoms with Gasteiger partial charge in [0.15, 0.2) is 0 Å². The van der Waals surface area contributed by atoms with Gasteiger partial charge in [0.1, 0.15) is 0 Å². The molecule has 2 aliphatic rings. The SMILES string of the molecule is CN1CCC(CNC2CCN(C)C2)C1. The predicted molar refractivity (Wildman–Crippen MR) is 59.5 cm³/mol. The summed E-state index contributed by atoms with van der Waals surface area (Å²) in [7, 11) is 4.44. The maximum Gasteiger partial charge on any atom is 0.0207 e. The molecule has 2 unspecified atom stereocenters. The summed E-state index contributed by atoms with van der Waals surface area (Å²) in [6.07, 6.45) is 2.71. The summed E-state index contributed by atoms with van der Waals surface area (Å²) in [5.74, 6) is 0.894. The molecule has 2 atom stereocenters. The second-order valence-corrected chi connectivity index (χ2v) is 5.07. The molecule has 2 saturated heterocycles. The number of likely N-dealkylation sites (N-methyl/N-ethyl adjacent to an activating group) is 1. The Morgan fingerprint density at radius 1 is 1.07 bits per heavy atom. The second kappa shape index (κ2) is 4.60. The van der Waals surface area contributed by atoms with E-state index in [0.29, 0.717) is 0 Å². The van der Waals surface area contributed by atoms with E-state index >= 15 is 0 Å². The highest BCUT2D eigenvalue weighted by Gasteiger charge is 2.23. The Kier molecular flexibility index (Phi) is 3.42. The van der Waals surface area contributed by atoms with E-state index in [2.05, 4.69) is 29.2 Å². The van der Waals surface area contributed by atoms with Gasteiger partial charge in [-0.25, -0.2) is 0 Å². The summed E-state index contributed by atoms with van der Waals surface area (Å²) < 4.78 is 0. The topological polar surface area (TPSA) is 18.5 Å². The van der Waals surface area contributed by atoms with Crippen molar-refractivity contribution in [1.29, 1.82) is 0 Å². The smallest absolute Gasteiger partial charge is 0.0207 e. The lowest BCUT2D eigenvalue weighted by Crippen LogP contribution is -2.35. The largest absolute Gasteiger partial charge is 0.312 e. The van der Waals surface area contributed by atoms with Crippen molar-refractivity contribution in [2.24, 2.45) is 5.92 Å². The van der Waals surface area contributed by atoms with Crippen LogP contribution in [0.4, 0.5) is 0 Å². The van der Waals surface area contributed by atoms with E-state index in [1.165, 1.54) is 45.6 Å². The first-order valence-corrected chi connectivity index (χ1v) is 5.84. The van der Waals surface area contributed by atoms with Crippen molar-refractivity contribution in [1.82, 2.24) is 15.1 Å². The molecule has 2 heterocycles. The van der Waals surface area contributed by atoms with Gasteiger partial charge in [0.2, 0.25) is 0 Å². The standard InChI is InChI=1S/C11H23N3/c1-13-5-3-10(8-13)7-12-11-4-6-14(2)9-11/h10-12H,3-9H2,1-2H3. The zero-order chi connectivity index (χ0) is 9.97. The van der Waals surface area contributed by atoms with Gasteiger partial charge in [-0.3, -0.25) is 0 Å². The molecule has 0 aromatic heterocycles. The first-order valence-electron chi connectivity index (χ1n) is 5.84. The number of nitrogens with one attached hydrogen (secondary N) is 1. The third-order valence-corrected chi connectivity index (χ3v) is 3.58. The minimum absolute atomic E-state index is 0.755. The molecule has 82 valence electrons. The van der Waals surface area contributed by atoms with Gasteiger partial charge in [-0.05, 0) is 52.5 Å². The van der Waals surface area contributed by atoms with Crippen LogP contribution in [0.3, 0.4) is 0 Å². The Balaban J connectivity index is 1.63. The van der Waals surface area contributed by atoms with Crippen molar-refractivity contribution in [3.8, 4) is 0 Å². The average molecular weight is 197 g/mol. The molecule has 2 aliphatic heterocycles. The van der Waals surface area contributed by atoms with E-state index in [1.807, 2.05) is 0 Å². The van der Waals surface area contributed by atoms with E-state index in [0.717, 1.165) is 12.0 Å². The Morgan fingerprint density at radius 2 is 1.79 bits per heavy atom. The van der Waals surface area contributed by atoms with E-state index < -0.39 is 0 Å². The Hall–Kier alpha value is -0.120. The third kappa shape index (κ3) is 2.69. The van der Waals surface area contributed by atoms with Gasteiger partial charge < -0.3 is 15.1 Å². The molecule has 1 N–H and O–H groups in total. The minimum Gasteiger partial charge on any atom is -0.312 e. The van der Waals surface area contributed by atoms with Crippen molar-refractivity contribution >= 4 is 0 Å². The Labute approximate surface area is 87.4 Å². The summed E-state index contributed by atoms with van der Waals surface area (Å²) in [6.45, 7) is 6.31. The van der Waals surface area contributed by atoms with Crippen molar-refractivity contribution in [3.05, 3.63) is 0 Å². The number of nitrogens with zero attached hydrogens (tertiary/aromatic N) is 2. The van der Waals surface area contributed by atoms with Crippen LogP contribution < -0.4 is 5.32 Å². The molecule has 0 saturated carbocycles. The molecule has 2 rings (SSSR count). The Bertz CT molecular complexity index is 163. The van der Waals surface area contributed by atoms with Crippen LogP contribution in [0.5, 0.6) is 0 Å². The molecule has 0 aromatic carbocycles. The number of rotatable bonds is 3. The van der Waals surface area contributed by atoms with Crippen molar-refractivity contribution < 1.29 is 0 Å². The molecule has 14 heavy (non-hydrogen) atoms. The van der Waals surface area contributed by atoms with E-state index in [-0.39, 0.29) is 0 Å². The van der Waals surface area contributed by atoms with E-state index in [9.17, 15) is 0 Å². The lowest BCUT2D eigenvalue weighted by molar-refractivity contribution is 0.368. The van der Waals surface area contributed by atoms with Crippen LogP contribution >= 0.6 is 0 Å². The van der Waals surface area contributed by atoms with Gasteiger partial charge in [0.05, 0.1) is 0 Å². The number of hydrogen-bond donors (Lipinski definition) is 1. The molecule has 0 aromatic rings. The molecule has 0 spiro atoms. The molecule has 0 bridgehead atoms. The van der Waals surface area contributed by atoms with Crippen molar-refractivity contribution in [2.75, 3.05) is 46.8 Å². The van der Waals surface area contributed by atoms with E-state index in [1.54, 1.807) is 0 Å². The van der Waals surface area contributed by atoms with Gasteiger partial charge >= 0.3 is 0 Å². The molecule has 3 heteroatoms.